The van der Waals surface area contributed by atoms with Crippen LogP contribution in [0, 0.1) is 12.8 Å². The summed E-state index contributed by atoms with van der Waals surface area (Å²) in [6.07, 6.45) is 0. The zero-order valence-electron chi connectivity index (χ0n) is 12.6. The number of hydrogen-bond donors (Lipinski definition) is 1. The van der Waals surface area contributed by atoms with Crippen LogP contribution < -0.4 is 5.73 Å². The lowest BCUT2D eigenvalue weighted by molar-refractivity contribution is 0.0753. The standard InChI is InChI=1S/C17H20N2O2.ClH/c1-12-7-8-16(21-12)17(20)19-10-14(9-18)15(11-19)13-5-3-2-4-6-13;/h2-8,14-15H,9-11,18H2,1H3;1H/t14-,15+;/m1./s1. The summed E-state index contributed by atoms with van der Waals surface area (Å²) in [5.74, 6) is 1.73. The summed E-state index contributed by atoms with van der Waals surface area (Å²) in [7, 11) is 0. The predicted molar refractivity (Wildman–Crippen MR) is 88.3 cm³/mol. The van der Waals surface area contributed by atoms with E-state index >= 15 is 0 Å². The van der Waals surface area contributed by atoms with Crippen molar-refractivity contribution in [3.63, 3.8) is 0 Å². The zero-order valence-corrected chi connectivity index (χ0v) is 13.4. The average Bonchev–Trinajstić information content (AvgIpc) is 3.13. The van der Waals surface area contributed by atoms with Crippen LogP contribution in [0.3, 0.4) is 0 Å². The topological polar surface area (TPSA) is 59.5 Å². The number of nitrogens with two attached hydrogens (primary N) is 1. The smallest absolute Gasteiger partial charge is 0.289 e. The minimum atomic E-state index is -0.0417. The van der Waals surface area contributed by atoms with Crippen molar-refractivity contribution in [2.75, 3.05) is 19.6 Å². The lowest BCUT2D eigenvalue weighted by Crippen LogP contribution is -2.29. The Balaban J connectivity index is 0.00000176. The normalized spacial score (nSPS) is 20.7. The zero-order chi connectivity index (χ0) is 14.8. The SMILES string of the molecule is Cc1ccc(C(=O)N2C[C@@H](CN)[C@H](c3ccccc3)C2)o1.Cl. The van der Waals surface area contributed by atoms with Gasteiger partial charge in [0.1, 0.15) is 5.76 Å². The summed E-state index contributed by atoms with van der Waals surface area (Å²) in [6, 6.07) is 13.8. The van der Waals surface area contributed by atoms with Crippen molar-refractivity contribution in [1.29, 1.82) is 0 Å². The first-order valence-electron chi connectivity index (χ1n) is 7.29. The van der Waals surface area contributed by atoms with Gasteiger partial charge in [0.2, 0.25) is 0 Å². The highest BCUT2D eigenvalue weighted by Gasteiger charge is 2.36. The molecule has 3 rings (SSSR count). The summed E-state index contributed by atoms with van der Waals surface area (Å²) in [4.78, 5) is 14.3. The van der Waals surface area contributed by atoms with Crippen molar-refractivity contribution in [1.82, 2.24) is 4.90 Å². The number of amides is 1. The molecule has 0 saturated carbocycles. The Hall–Kier alpha value is -1.78. The van der Waals surface area contributed by atoms with Gasteiger partial charge in [-0.2, -0.15) is 0 Å². The number of benzene rings is 1. The molecular formula is C17H21ClN2O2. The Morgan fingerprint density at radius 1 is 1.23 bits per heavy atom. The fourth-order valence-corrected chi connectivity index (χ4v) is 3.06. The van der Waals surface area contributed by atoms with Crippen molar-refractivity contribution in [3.05, 3.63) is 59.5 Å². The first-order valence-corrected chi connectivity index (χ1v) is 7.29. The number of nitrogens with zero attached hydrogens (tertiary/aromatic N) is 1. The van der Waals surface area contributed by atoms with Gasteiger partial charge in [0.15, 0.2) is 5.76 Å². The number of hydrogen-bond acceptors (Lipinski definition) is 3. The summed E-state index contributed by atoms with van der Waals surface area (Å²) in [5.41, 5.74) is 7.15. The highest BCUT2D eigenvalue weighted by molar-refractivity contribution is 5.91. The number of carbonyl (C=O) groups is 1. The van der Waals surface area contributed by atoms with E-state index in [0.717, 1.165) is 5.76 Å². The van der Waals surface area contributed by atoms with Crippen LogP contribution in [0.5, 0.6) is 0 Å². The molecule has 0 bridgehead atoms. The molecule has 2 heterocycles. The molecule has 0 spiro atoms. The number of aryl methyl sites for hydroxylation is 1. The van der Waals surface area contributed by atoms with E-state index in [2.05, 4.69) is 12.1 Å². The van der Waals surface area contributed by atoms with Gasteiger partial charge in [-0.3, -0.25) is 4.79 Å². The van der Waals surface area contributed by atoms with Crippen LogP contribution in [0.4, 0.5) is 0 Å². The fraction of sp³-hybridized carbons (Fsp3) is 0.353. The molecule has 1 amide bonds. The molecule has 1 saturated heterocycles. The van der Waals surface area contributed by atoms with Gasteiger partial charge < -0.3 is 15.1 Å². The first kappa shape index (κ1) is 16.6. The second kappa shape index (κ2) is 6.99. The molecule has 118 valence electrons. The van der Waals surface area contributed by atoms with Gasteiger partial charge in [-0.25, -0.2) is 0 Å². The third-order valence-electron chi connectivity index (χ3n) is 4.21. The molecule has 0 radical (unpaired) electrons. The minimum absolute atomic E-state index is 0. The van der Waals surface area contributed by atoms with Crippen molar-refractivity contribution in [2.24, 2.45) is 11.7 Å². The van der Waals surface area contributed by atoms with Gasteiger partial charge >= 0.3 is 0 Å². The summed E-state index contributed by atoms with van der Waals surface area (Å²) >= 11 is 0. The molecule has 1 aliphatic heterocycles. The van der Waals surface area contributed by atoms with E-state index < -0.39 is 0 Å². The lowest BCUT2D eigenvalue weighted by atomic mass is 9.89. The number of carbonyl (C=O) groups excluding carboxylic acids is 1. The van der Waals surface area contributed by atoms with Gasteiger partial charge in [0.05, 0.1) is 0 Å². The molecule has 1 fully saturated rings. The largest absolute Gasteiger partial charge is 0.456 e. The second-order valence-electron chi connectivity index (χ2n) is 5.63. The fourth-order valence-electron chi connectivity index (χ4n) is 3.06. The van der Waals surface area contributed by atoms with Gasteiger partial charge in [-0.1, -0.05) is 30.3 Å². The Kier molecular flexibility index (Phi) is 5.27. The third kappa shape index (κ3) is 3.18. The average molecular weight is 321 g/mol. The number of halogens is 1. The van der Waals surface area contributed by atoms with Gasteiger partial charge in [0, 0.05) is 19.0 Å². The number of furan rings is 1. The Morgan fingerprint density at radius 2 is 1.95 bits per heavy atom. The number of rotatable bonds is 3. The molecule has 2 atom stereocenters. The molecule has 5 heteroatoms. The van der Waals surface area contributed by atoms with Crippen molar-refractivity contribution >= 4 is 18.3 Å². The van der Waals surface area contributed by atoms with E-state index in [1.165, 1.54) is 5.56 Å². The van der Waals surface area contributed by atoms with E-state index in [0.29, 0.717) is 37.2 Å². The van der Waals surface area contributed by atoms with Crippen molar-refractivity contribution < 1.29 is 9.21 Å². The predicted octanol–water partition coefficient (Wildman–Crippen LogP) is 2.82. The first-order chi connectivity index (χ1) is 10.2. The number of likely N-dealkylation sites (tertiary alicyclic amines) is 1. The second-order valence-corrected chi connectivity index (χ2v) is 5.63. The van der Waals surface area contributed by atoms with Crippen molar-refractivity contribution in [2.45, 2.75) is 12.8 Å². The van der Waals surface area contributed by atoms with Crippen LogP contribution >= 0.6 is 12.4 Å². The van der Waals surface area contributed by atoms with Crippen LogP contribution in [-0.4, -0.2) is 30.4 Å². The monoisotopic (exact) mass is 320 g/mol. The molecule has 1 aromatic carbocycles. The van der Waals surface area contributed by atoms with E-state index in [9.17, 15) is 4.79 Å². The van der Waals surface area contributed by atoms with E-state index in [1.54, 1.807) is 6.07 Å². The Morgan fingerprint density at radius 3 is 2.55 bits per heavy atom. The maximum atomic E-state index is 12.5. The van der Waals surface area contributed by atoms with E-state index in [-0.39, 0.29) is 18.3 Å². The molecule has 1 aromatic heterocycles. The molecular weight excluding hydrogens is 300 g/mol. The van der Waals surface area contributed by atoms with Crippen LogP contribution in [0.15, 0.2) is 46.9 Å². The van der Waals surface area contributed by atoms with Crippen molar-refractivity contribution in [3.8, 4) is 0 Å². The third-order valence-corrected chi connectivity index (χ3v) is 4.21. The van der Waals surface area contributed by atoms with E-state index in [1.807, 2.05) is 36.1 Å². The summed E-state index contributed by atoms with van der Waals surface area (Å²) < 4.78 is 5.45. The maximum Gasteiger partial charge on any atom is 0.289 e. The van der Waals surface area contributed by atoms with Gasteiger partial charge in [0.25, 0.3) is 5.91 Å². The maximum absolute atomic E-state index is 12.5. The highest BCUT2D eigenvalue weighted by Crippen LogP contribution is 2.32. The summed E-state index contributed by atoms with van der Waals surface area (Å²) in [5, 5.41) is 0. The highest BCUT2D eigenvalue weighted by atomic mass is 35.5. The molecule has 1 aliphatic rings. The molecule has 0 unspecified atom stereocenters. The molecule has 4 nitrogen and oxygen atoms in total. The lowest BCUT2D eigenvalue weighted by Gasteiger charge is -2.16. The van der Waals surface area contributed by atoms with Crippen LogP contribution in [0.2, 0.25) is 0 Å². The minimum Gasteiger partial charge on any atom is -0.456 e. The van der Waals surface area contributed by atoms with Gasteiger partial charge in [-0.05, 0) is 37.1 Å². The van der Waals surface area contributed by atoms with E-state index in [4.69, 9.17) is 10.2 Å². The Labute approximate surface area is 136 Å². The molecule has 2 N–H and O–H groups in total. The quantitative estimate of drug-likeness (QED) is 0.946. The molecule has 22 heavy (non-hydrogen) atoms. The summed E-state index contributed by atoms with van der Waals surface area (Å²) in [6.45, 7) is 3.82. The van der Waals surface area contributed by atoms with Gasteiger partial charge in [-0.15, -0.1) is 12.4 Å². The van der Waals surface area contributed by atoms with Crippen LogP contribution in [0.25, 0.3) is 0 Å². The van der Waals surface area contributed by atoms with Crippen LogP contribution in [-0.2, 0) is 0 Å². The Bertz CT molecular complexity index is 627. The molecule has 0 aliphatic carbocycles. The molecule has 2 aromatic rings. The van der Waals surface area contributed by atoms with Crippen LogP contribution in [0.1, 0.15) is 27.8 Å².